The molecule has 0 aliphatic rings. The van der Waals surface area contributed by atoms with Crippen molar-refractivity contribution in [3.05, 3.63) is 83.9 Å². The van der Waals surface area contributed by atoms with Crippen LogP contribution in [0.2, 0.25) is 0 Å². The number of para-hydroxylation sites is 2. The smallest absolute Gasteiger partial charge is 0.233 e. The Kier molecular flexibility index (Phi) is 8.12. The van der Waals surface area contributed by atoms with Crippen LogP contribution in [-0.4, -0.2) is 25.9 Å². The molecule has 0 radical (unpaired) electrons. The molecule has 7 nitrogen and oxygen atoms in total. The molecule has 3 aromatic carbocycles. The van der Waals surface area contributed by atoms with E-state index in [0.29, 0.717) is 28.0 Å². The maximum atomic E-state index is 5.57. The molecule has 0 unspecified atom stereocenters. The lowest BCUT2D eigenvalue weighted by Crippen LogP contribution is -2.09. The van der Waals surface area contributed by atoms with Gasteiger partial charge in [0.05, 0.1) is 6.61 Å². The standard InChI is InChI=1S/C26H26N6OS2/c1-4-33-20-15-13-19(14-16-20)27-26(34)35-25-31-23(28-21-11-7-5-9-17(21)2)30-24(32-25)29-22-12-8-6-10-18(22)3/h5-16H,4H2,1-3H3,(H,27,34)(H2,28,29,30,31,32). The van der Waals surface area contributed by atoms with Gasteiger partial charge in [0.1, 0.15) is 10.1 Å². The minimum Gasteiger partial charge on any atom is -0.494 e. The highest BCUT2D eigenvalue weighted by molar-refractivity contribution is 8.23. The van der Waals surface area contributed by atoms with Gasteiger partial charge in [0, 0.05) is 17.1 Å². The first-order valence-corrected chi connectivity index (χ1v) is 12.4. The number of hydrogen-bond donors (Lipinski definition) is 3. The summed E-state index contributed by atoms with van der Waals surface area (Å²) in [6.45, 7) is 6.64. The molecule has 4 rings (SSSR count). The summed E-state index contributed by atoms with van der Waals surface area (Å²) in [5.74, 6) is 1.67. The van der Waals surface area contributed by atoms with Crippen LogP contribution in [-0.2, 0) is 0 Å². The minimum atomic E-state index is 0.428. The summed E-state index contributed by atoms with van der Waals surface area (Å²) in [6, 6.07) is 23.6. The van der Waals surface area contributed by atoms with E-state index >= 15 is 0 Å². The van der Waals surface area contributed by atoms with Crippen LogP contribution < -0.4 is 20.7 Å². The molecule has 0 fully saturated rings. The van der Waals surface area contributed by atoms with Gasteiger partial charge < -0.3 is 20.7 Å². The molecule has 35 heavy (non-hydrogen) atoms. The van der Waals surface area contributed by atoms with E-state index < -0.39 is 0 Å². The van der Waals surface area contributed by atoms with Gasteiger partial charge in [-0.3, -0.25) is 0 Å². The zero-order valence-corrected chi connectivity index (χ0v) is 21.3. The molecule has 9 heteroatoms. The van der Waals surface area contributed by atoms with Crippen molar-refractivity contribution >= 4 is 57.3 Å². The summed E-state index contributed by atoms with van der Waals surface area (Å²) in [6.07, 6.45) is 0. The van der Waals surface area contributed by atoms with Gasteiger partial charge in [-0.15, -0.1) is 0 Å². The first kappa shape index (κ1) is 24.4. The summed E-state index contributed by atoms with van der Waals surface area (Å²) >= 11 is 6.83. The Bertz CT molecular complexity index is 1250. The fourth-order valence-electron chi connectivity index (χ4n) is 3.21. The SMILES string of the molecule is CCOc1ccc(NC(=S)Sc2nc(Nc3ccccc3C)nc(Nc3ccccc3C)n2)cc1. The van der Waals surface area contributed by atoms with E-state index in [9.17, 15) is 0 Å². The Labute approximate surface area is 214 Å². The lowest BCUT2D eigenvalue weighted by atomic mass is 10.2. The number of aromatic nitrogens is 3. The highest BCUT2D eigenvalue weighted by Gasteiger charge is 2.12. The minimum absolute atomic E-state index is 0.428. The average molecular weight is 503 g/mol. The van der Waals surface area contributed by atoms with Gasteiger partial charge in [0.25, 0.3) is 0 Å². The van der Waals surface area contributed by atoms with Crippen LogP contribution in [0.1, 0.15) is 18.1 Å². The number of aryl methyl sites for hydroxylation is 2. The number of nitrogens with one attached hydrogen (secondary N) is 3. The molecule has 178 valence electrons. The number of rotatable bonds is 8. The topological polar surface area (TPSA) is 84.0 Å². The van der Waals surface area contributed by atoms with Gasteiger partial charge in [-0.2, -0.15) is 15.0 Å². The Hall–Kier alpha value is -3.69. The van der Waals surface area contributed by atoms with E-state index in [0.717, 1.165) is 33.9 Å². The van der Waals surface area contributed by atoms with Crippen molar-refractivity contribution < 1.29 is 4.74 Å². The number of anilines is 5. The monoisotopic (exact) mass is 502 g/mol. The molecule has 0 amide bonds. The second-order valence-corrected chi connectivity index (χ2v) is 9.26. The summed E-state index contributed by atoms with van der Waals surface area (Å²) in [5.41, 5.74) is 4.88. The van der Waals surface area contributed by atoms with E-state index in [1.807, 2.05) is 93.6 Å². The quantitative estimate of drug-likeness (QED) is 0.177. The van der Waals surface area contributed by atoms with Crippen molar-refractivity contribution in [3.8, 4) is 5.75 Å². The lowest BCUT2D eigenvalue weighted by molar-refractivity contribution is 0.340. The molecule has 0 atom stereocenters. The van der Waals surface area contributed by atoms with Crippen molar-refractivity contribution in [1.29, 1.82) is 0 Å². The van der Waals surface area contributed by atoms with Crippen molar-refractivity contribution in [2.75, 3.05) is 22.6 Å². The number of benzene rings is 3. The molecule has 4 aromatic rings. The van der Waals surface area contributed by atoms with Crippen LogP contribution in [0.3, 0.4) is 0 Å². The van der Waals surface area contributed by atoms with E-state index in [-0.39, 0.29) is 0 Å². The number of hydrogen-bond acceptors (Lipinski definition) is 8. The van der Waals surface area contributed by atoms with E-state index in [4.69, 9.17) is 17.0 Å². The molecular formula is C26H26N6OS2. The number of thioether (sulfide) groups is 1. The fourth-order valence-corrected chi connectivity index (χ4v) is 4.15. The first-order chi connectivity index (χ1) is 17.0. The normalized spacial score (nSPS) is 10.5. The second-order valence-electron chi connectivity index (χ2n) is 7.62. The third-order valence-corrected chi connectivity index (χ3v) is 6.00. The van der Waals surface area contributed by atoms with Gasteiger partial charge in [0.15, 0.2) is 0 Å². The molecule has 0 saturated heterocycles. The Morgan fingerprint density at radius 2 is 1.34 bits per heavy atom. The number of ether oxygens (including phenoxy) is 1. The largest absolute Gasteiger partial charge is 0.494 e. The molecule has 1 heterocycles. The van der Waals surface area contributed by atoms with E-state index in [1.54, 1.807) is 0 Å². The van der Waals surface area contributed by atoms with Crippen LogP contribution in [0.25, 0.3) is 0 Å². The van der Waals surface area contributed by atoms with Gasteiger partial charge in [-0.05, 0) is 80.1 Å². The molecule has 1 aromatic heterocycles. The van der Waals surface area contributed by atoms with Crippen molar-refractivity contribution in [1.82, 2.24) is 15.0 Å². The third-order valence-electron chi connectivity index (χ3n) is 4.99. The van der Waals surface area contributed by atoms with Crippen molar-refractivity contribution in [3.63, 3.8) is 0 Å². The fraction of sp³-hybridized carbons (Fsp3) is 0.154. The van der Waals surface area contributed by atoms with Gasteiger partial charge in [-0.1, -0.05) is 48.6 Å². The molecule has 0 aliphatic carbocycles. The Morgan fingerprint density at radius 1 is 0.800 bits per heavy atom. The summed E-state index contributed by atoms with van der Waals surface area (Å²) < 4.78 is 6.01. The van der Waals surface area contributed by atoms with Gasteiger partial charge >= 0.3 is 0 Å². The summed E-state index contributed by atoms with van der Waals surface area (Å²) in [4.78, 5) is 13.8. The predicted octanol–water partition coefficient (Wildman–Crippen LogP) is 6.86. The van der Waals surface area contributed by atoms with Gasteiger partial charge in [0.2, 0.25) is 17.1 Å². The maximum Gasteiger partial charge on any atom is 0.233 e. The van der Waals surface area contributed by atoms with Crippen LogP contribution in [0.5, 0.6) is 5.75 Å². The van der Waals surface area contributed by atoms with Crippen molar-refractivity contribution in [2.24, 2.45) is 0 Å². The predicted molar refractivity (Wildman–Crippen MR) is 148 cm³/mol. The average Bonchev–Trinajstić information content (AvgIpc) is 2.83. The van der Waals surface area contributed by atoms with E-state index in [1.165, 1.54) is 11.8 Å². The van der Waals surface area contributed by atoms with Crippen LogP contribution >= 0.6 is 24.0 Å². The molecular weight excluding hydrogens is 476 g/mol. The zero-order valence-electron chi connectivity index (χ0n) is 19.7. The van der Waals surface area contributed by atoms with Crippen LogP contribution in [0.4, 0.5) is 29.0 Å². The van der Waals surface area contributed by atoms with Crippen LogP contribution in [0.15, 0.2) is 78.0 Å². The Morgan fingerprint density at radius 3 is 1.86 bits per heavy atom. The first-order valence-electron chi connectivity index (χ1n) is 11.1. The second kappa shape index (κ2) is 11.6. The molecule has 0 saturated carbocycles. The zero-order chi connectivity index (χ0) is 24.6. The molecule has 0 aliphatic heterocycles. The third kappa shape index (κ3) is 6.91. The number of nitrogens with zero attached hydrogens (tertiary/aromatic N) is 3. The Balaban J connectivity index is 1.56. The van der Waals surface area contributed by atoms with Gasteiger partial charge in [-0.25, -0.2) is 0 Å². The maximum absolute atomic E-state index is 5.57. The summed E-state index contributed by atoms with van der Waals surface area (Å²) in [7, 11) is 0. The highest BCUT2D eigenvalue weighted by atomic mass is 32.2. The van der Waals surface area contributed by atoms with Crippen molar-refractivity contribution in [2.45, 2.75) is 25.9 Å². The van der Waals surface area contributed by atoms with E-state index in [2.05, 4.69) is 30.9 Å². The van der Waals surface area contributed by atoms with Crippen LogP contribution in [0, 0.1) is 13.8 Å². The molecule has 0 bridgehead atoms. The molecule has 0 spiro atoms. The summed E-state index contributed by atoms with van der Waals surface area (Å²) in [5, 5.41) is 10.3. The number of thiocarbonyl (C=S) groups is 1. The highest BCUT2D eigenvalue weighted by Crippen LogP contribution is 2.25. The molecule has 3 N–H and O–H groups in total. The lowest BCUT2D eigenvalue weighted by Gasteiger charge is -2.13.